The van der Waals surface area contributed by atoms with E-state index in [1.807, 2.05) is 0 Å². The molecule has 3 N–H and O–H groups in total. The first kappa shape index (κ1) is 10.6. The highest BCUT2D eigenvalue weighted by Crippen LogP contribution is 2.21. The van der Waals surface area contributed by atoms with E-state index in [9.17, 15) is 0 Å². The predicted molar refractivity (Wildman–Crippen MR) is 59.8 cm³/mol. The van der Waals surface area contributed by atoms with E-state index in [0.717, 1.165) is 0 Å². The van der Waals surface area contributed by atoms with Crippen LogP contribution in [-0.4, -0.2) is 24.7 Å². The molecule has 0 radical (unpaired) electrons. The van der Waals surface area contributed by atoms with Gasteiger partial charge in [0.05, 0.1) is 6.54 Å². The lowest BCUT2D eigenvalue weighted by molar-refractivity contribution is 0.747. The van der Waals surface area contributed by atoms with E-state index in [2.05, 4.69) is 25.4 Å². The summed E-state index contributed by atoms with van der Waals surface area (Å²) in [6.07, 6.45) is 2.96. The number of aryl methyl sites for hydroxylation is 1. The molecule has 0 spiro atoms. The molecule has 2 heterocycles. The maximum Gasteiger partial charge on any atom is 0.169 e. The Bertz CT molecular complexity index is 495. The molecular formula is C8H10ClN7. The second kappa shape index (κ2) is 4.31. The Hall–Kier alpha value is -1.89. The van der Waals surface area contributed by atoms with Gasteiger partial charge in [-0.2, -0.15) is 5.10 Å². The van der Waals surface area contributed by atoms with Crippen LogP contribution in [0, 0.1) is 0 Å². The molecular weight excluding hydrogens is 230 g/mol. The molecule has 8 heteroatoms. The van der Waals surface area contributed by atoms with Gasteiger partial charge >= 0.3 is 0 Å². The van der Waals surface area contributed by atoms with Crippen molar-refractivity contribution in [1.29, 1.82) is 0 Å². The molecule has 2 rings (SSSR count). The maximum absolute atomic E-state index is 5.75. The van der Waals surface area contributed by atoms with Crippen LogP contribution in [0.15, 0.2) is 12.7 Å². The number of halogens is 1. The van der Waals surface area contributed by atoms with E-state index < -0.39 is 0 Å². The molecule has 0 fully saturated rings. The quantitative estimate of drug-likeness (QED) is 0.756. The number of hydrogen-bond acceptors (Lipinski definition) is 6. The third-order valence-electron chi connectivity index (χ3n) is 1.90. The molecule has 0 aromatic carbocycles. The summed E-state index contributed by atoms with van der Waals surface area (Å²) in [5.74, 6) is 1.13. The number of hydrogen-bond donors (Lipinski definition) is 2. The number of nitrogens with one attached hydrogen (secondary N) is 1. The predicted octanol–water partition coefficient (Wildman–Crippen LogP) is 0.453. The molecule has 0 unspecified atom stereocenters. The average Bonchev–Trinajstić information content (AvgIpc) is 2.67. The highest BCUT2D eigenvalue weighted by Gasteiger charge is 2.06. The van der Waals surface area contributed by atoms with Gasteiger partial charge in [0, 0.05) is 7.05 Å². The smallest absolute Gasteiger partial charge is 0.169 e. The monoisotopic (exact) mass is 239 g/mol. The molecule has 0 aliphatic heterocycles. The van der Waals surface area contributed by atoms with E-state index in [-0.39, 0.29) is 5.15 Å². The highest BCUT2D eigenvalue weighted by atomic mass is 35.5. The summed E-state index contributed by atoms with van der Waals surface area (Å²) in [5.41, 5.74) is 6.01. The standard InChI is InChI=1S/C8H10ClN7/c1-16-4-14-5(15-16)2-11-8-6(10)7(9)12-3-13-8/h3-4H,2,10H2,1H3,(H,11,12,13). The van der Waals surface area contributed by atoms with Crippen LogP contribution >= 0.6 is 11.6 Å². The second-order valence-electron chi connectivity index (χ2n) is 3.11. The fourth-order valence-corrected chi connectivity index (χ4v) is 1.28. The Labute approximate surface area is 96.7 Å². The van der Waals surface area contributed by atoms with Crippen molar-refractivity contribution in [3.05, 3.63) is 23.6 Å². The topological polar surface area (TPSA) is 94.5 Å². The number of aromatic nitrogens is 5. The average molecular weight is 240 g/mol. The van der Waals surface area contributed by atoms with Crippen molar-refractivity contribution >= 4 is 23.1 Å². The number of anilines is 2. The van der Waals surface area contributed by atoms with Gasteiger partial charge in [-0.05, 0) is 0 Å². The van der Waals surface area contributed by atoms with E-state index >= 15 is 0 Å². The van der Waals surface area contributed by atoms with E-state index in [1.165, 1.54) is 6.33 Å². The van der Waals surface area contributed by atoms with Crippen LogP contribution in [0.3, 0.4) is 0 Å². The van der Waals surface area contributed by atoms with Crippen molar-refractivity contribution in [1.82, 2.24) is 24.7 Å². The van der Waals surface area contributed by atoms with Crippen LogP contribution in [0.1, 0.15) is 5.82 Å². The summed E-state index contributed by atoms with van der Waals surface area (Å²) in [6.45, 7) is 0.429. The van der Waals surface area contributed by atoms with Gasteiger partial charge in [-0.25, -0.2) is 15.0 Å². The first-order valence-corrected chi connectivity index (χ1v) is 4.89. The molecule has 0 saturated heterocycles. The van der Waals surface area contributed by atoms with Crippen LogP contribution in [0.25, 0.3) is 0 Å². The Balaban J connectivity index is 2.07. The van der Waals surface area contributed by atoms with Gasteiger partial charge in [0.2, 0.25) is 0 Å². The van der Waals surface area contributed by atoms with Gasteiger partial charge in [0.1, 0.15) is 18.3 Å². The number of nitrogens with zero attached hydrogens (tertiary/aromatic N) is 5. The molecule has 0 amide bonds. The molecule has 0 aliphatic carbocycles. The highest BCUT2D eigenvalue weighted by molar-refractivity contribution is 6.32. The summed E-state index contributed by atoms with van der Waals surface area (Å²) in [6, 6.07) is 0. The Kier molecular flexibility index (Phi) is 2.86. The molecule has 0 saturated carbocycles. The van der Waals surface area contributed by atoms with Gasteiger partial charge in [-0.1, -0.05) is 11.6 Å². The van der Waals surface area contributed by atoms with Crippen molar-refractivity contribution < 1.29 is 0 Å². The lowest BCUT2D eigenvalue weighted by Gasteiger charge is -2.06. The molecule has 0 aliphatic rings. The van der Waals surface area contributed by atoms with Crippen molar-refractivity contribution in [2.45, 2.75) is 6.54 Å². The lowest BCUT2D eigenvalue weighted by Crippen LogP contribution is -2.07. The minimum absolute atomic E-state index is 0.228. The Morgan fingerprint density at radius 2 is 2.25 bits per heavy atom. The van der Waals surface area contributed by atoms with Gasteiger partial charge in [-0.3, -0.25) is 4.68 Å². The minimum Gasteiger partial charge on any atom is -0.393 e. The molecule has 2 aromatic rings. The van der Waals surface area contributed by atoms with Gasteiger partial charge in [0.15, 0.2) is 16.8 Å². The van der Waals surface area contributed by atoms with Crippen molar-refractivity contribution in [3.63, 3.8) is 0 Å². The van der Waals surface area contributed by atoms with Crippen molar-refractivity contribution in [2.75, 3.05) is 11.1 Å². The van der Waals surface area contributed by atoms with Crippen LogP contribution in [0.4, 0.5) is 11.5 Å². The number of nitrogen functional groups attached to an aromatic ring is 1. The summed E-state index contributed by atoms with van der Waals surface area (Å²) >= 11 is 5.75. The summed E-state index contributed by atoms with van der Waals surface area (Å²) in [7, 11) is 1.80. The summed E-state index contributed by atoms with van der Waals surface area (Å²) < 4.78 is 1.62. The first-order chi connectivity index (χ1) is 7.66. The zero-order chi connectivity index (χ0) is 11.5. The SMILES string of the molecule is Cn1cnc(CNc2ncnc(Cl)c2N)n1. The Morgan fingerprint density at radius 3 is 2.94 bits per heavy atom. The number of nitrogens with two attached hydrogens (primary N) is 1. The molecule has 2 aromatic heterocycles. The molecule has 7 nitrogen and oxygen atoms in total. The Morgan fingerprint density at radius 1 is 1.44 bits per heavy atom. The lowest BCUT2D eigenvalue weighted by atomic mass is 10.4. The fraction of sp³-hybridized carbons (Fsp3) is 0.250. The molecule has 0 atom stereocenters. The van der Waals surface area contributed by atoms with Crippen molar-refractivity contribution in [2.24, 2.45) is 7.05 Å². The zero-order valence-electron chi connectivity index (χ0n) is 8.55. The minimum atomic E-state index is 0.228. The fourth-order valence-electron chi connectivity index (χ4n) is 1.14. The van der Waals surface area contributed by atoms with Crippen LogP contribution in [-0.2, 0) is 13.6 Å². The summed E-state index contributed by atoms with van der Waals surface area (Å²) in [5, 5.41) is 7.32. The van der Waals surface area contributed by atoms with Crippen molar-refractivity contribution in [3.8, 4) is 0 Å². The third-order valence-corrected chi connectivity index (χ3v) is 2.20. The van der Waals surface area contributed by atoms with E-state index in [1.54, 1.807) is 18.1 Å². The molecule has 0 bridgehead atoms. The number of rotatable bonds is 3. The largest absolute Gasteiger partial charge is 0.393 e. The summed E-state index contributed by atoms with van der Waals surface area (Å²) in [4.78, 5) is 11.8. The van der Waals surface area contributed by atoms with E-state index in [0.29, 0.717) is 23.9 Å². The molecule has 16 heavy (non-hydrogen) atoms. The van der Waals surface area contributed by atoms with Crippen LogP contribution in [0.5, 0.6) is 0 Å². The molecule has 84 valence electrons. The second-order valence-corrected chi connectivity index (χ2v) is 3.47. The van der Waals surface area contributed by atoms with Gasteiger partial charge in [0.25, 0.3) is 0 Å². The van der Waals surface area contributed by atoms with Crippen LogP contribution in [0.2, 0.25) is 5.15 Å². The maximum atomic E-state index is 5.75. The third kappa shape index (κ3) is 2.19. The first-order valence-electron chi connectivity index (χ1n) is 4.51. The van der Waals surface area contributed by atoms with E-state index in [4.69, 9.17) is 17.3 Å². The van der Waals surface area contributed by atoms with Crippen LogP contribution < -0.4 is 11.1 Å². The van der Waals surface area contributed by atoms with Gasteiger partial charge < -0.3 is 11.1 Å². The van der Waals surface area contributed by atoms with Gasteiger partial charge in [-0.15, -0.1) is 0 Å². The normalized spacial score (nSPS) is 10.4. The zero-order valence-corrected chi connectivity index (χ0v) is 9.31.